The van der Waals surface area contributed by atoms with Gasteiger partial charge in [0, 0.05) is 112 Å². The van der Waals surface area contributed by atoms with Crippen LogP contribution in [0.25, 0.3) is 90.2 Å². The minimum absolute atomic E-state index is 0.119. The molecule has 0 radical (unpaired) electrons. The highest BCUT2D eigenvalue weighted by Crippen LogP contribution is 2.46. The molecule has 19 nitrogen and oxygen atoms in total. The summed E-state index contributed by atoms with van der Waals surface area (Å²) in [5.41, 5.74) is 18.4. The standard InChI is InChI=1S/C21H25N3.C20H22FN3O.C20H23N3.C19H18Cl3N3.C19H19ClFN3.C19H20ClN3/c1-15-9-8-14-19-23-20(16(2)17-10-4-3-5-11-17)21(24(15)19)22-18-12-6-7-13-18;1-25-16-11-7-10-15(18(16)21)19-20(22-14-8-3-2-4-9-14)24-13-6-5-12-17(24)23-19;1-15-9-5-6-12-17(15)19-20(21-16-10-3-2-4-11-16)23-14-8-7-13-18(23)22-19;20-13-9-10-14(21)17(22)16(13)18-19(23-12-6-2-1-3-7-12)25-11-5-4-8-15(25)24-18;20-15-10-6-9-14(17(15)21)18-19(22-13-7-2-1-3-8-13)24-12-5-4-11-16(24)23-18;20-15-11-9-14(10-12-15)18-19(21-16-6-2-1-3-7-16)23-13-5-4-8-17(23)22-18/h3-5,8-11,14,16,18,22H,6-7,12-13H2,1-2H3;5-7,10-14,22H,2-4,8-9H2,1H3;5-9,12-14,16,21H,2-4,10-11H2,1H3;4-5,8-12,23H,1-3,6-7H2;4-6,9-13,22H,1-3,7-8H2;4-5,8-13,16,21H,1-3,6-7H2. The Hall–Kier alpha value is -12.6. The summed E-state index contributed by atoms with van der Waals surface area (Å²) in [5, 5.41) is 24.6. The van der Waals surface area contributed by atoms with Gasteiger partial charge >= 0.3 is 0 Å². The minimum Gasteiger partial charge on any atom is -0.494 e. The lowest BCUT2D eigenvalue weighted by molar-refractivity contribution is 0.387. The quantitative estimate of drug-likeness (QED) is 0.0397. The minimum atomic E-state index is -0.422. The van der Waals surface area contributed by atoms with Crippen LogP contribution in [-0.4, -0.2) is 99.7 Å². The fraction of sp³-hybridized carbons (Fsp3) is 0.339. The fourth-order valence-electron chi connectivity index (χ4n) is 21.4. The van der Waals surface area contributed by atoms with E-state index in [4.69, 9.17) is 82.7 Å². The summed E-state index contributed by atoms with van der Waals surface area (Å²) in [6.07, 6.45) is 46.5. The third-order valence-corrected chi connectivity index (χ3v) is 30.8. The number of nitrogens with one attached hydrogen (secondary N) is 6. The molecule has 1 atom stereocenters. The van der Waals surface area contributed by atoms with Crippen LogP contribution in [0.4, 0.5) is 43.7 Å². The molecule has 0 saturated heterocycles. The van der Waals surface area contributed by atoms with Gasteiger partial charge in [-0.25, -0.2) is 38.7 Å². The van der Waals surface area contributed by atoms with Crippen LogP contribution >= 0.6 is 58.0 Å². The third kappa shape index (κ3) is 23.2. The van der Waals surface area contributed by atoms with Gasteiger partial charge in [0.15, 0.2) is 17.4 Å². The van der Waals surface area contributed by atoms with Crippen molar-refractivity contribution in [3.05, 3.63) is 327 Å². The Morgan fingerprint density at radius 2 is 0.646 bits per heavy atom. The molecule has 12 aromatic heterocycles. The second-order valence-electron chi connectivity index (χ2n) is 39.0. The lowest BCUT2D eigenvalue weighted by Gasteiger charge is -2.24. The molecular formula is C118H127Cl5F2N18O. The second kappa shape index (κ2) is 47.5. The largest absolute Gasteiger partial charge is 0.494 e. The maximum Gasteiger partial charge on any atom is 0.174 e. The van der Waals surface area contributed by atoms with Gasteiger partial charge in [-0.3, -0.25) is 26.4 Å². The smallest absolute Gasteiger partial charge is 0.174 e. The zero-order chi connectivity index (χ0) is 98.9. The van der Waals surface area contributed by atoms with E-state index in [9.17, 15) is 8.78 Å². The average Bonchev–Trinajstić information content (AvgIpc) is 1.61. The number of nitrogens with zero attached hydrogens (tertiary/aromatic N) is 12. The number of imidazole rings is 6. The molecule has 1 unspecified atom stereocenters. The van der Waals surface area contributed by atoms with E-state index in [0.717, 1.165) is 135 Å². The zero-order valence-corrected chi connectivity index (χ0v) is 86.2. The first-order valence-electron chi connectivity index (χ1n) is 51.7. The van der Waals surface area contributed by atoms with Gasteiger partial charge in [-0.05, 0) is 223 Å². The Balaban J connectivity index is 0.000000109. The van der Waals surface area contributed by atoms with Gasteiger partial charge in [0.1, 0.15) is 97.3 Å². The summed E-state index contributed by atoms with van der Waals surface area (Å²) < 4.78 is 47.2. The van der Waals surface area contributed by atoms with Gasteiger partial charge in [0.05, 0.1) is 32.9 Å². The predicted molar refractivity (Wildman–Crippen MR) is 592 cm³/mol. The van der Waals surface area contributed by atoms with E-state index in [2.05, 4.69) is 178 Å². The van der Waals surface area contributed by atoms with Gasteiger partial charge in [-0.2, -0.15) is 0 Å². The van der Waals surface area contributed by atoms with Crippen molar-refractivity contribution in [2.45, 2.75) is 249 Å². The van der Waals surface area contributed by atoms with Crippen LogP contribution in [0, 0.1) is 25.5 Å². The maximum atomic E-state index is 14.8. The molecule has 6 saturated carbocycles. The molecule has 6 aliphatic rings. The van der Waals surface area contributed by atoms with Crippen molar-refractivity contribution in [3.8, 4) is 62.0 Å². The van der Waals surface area contributed by atoms with Crippen molar-refractivity contribution >= 4 is 127 Å². The van der Waals surface area contributed by atoms with E-state index in [1.165, 1.54) is 183 Å². The van der Waals surface area contributed by atoms with Crippen molar-refractivity contribution < 1.29 is 13.5 Å². The number of methoxy groups -OCH3 is 1. The number of halogens is 7. The molecule has 12 heterocycles. The summed E-state index contributed by atoms with van der Waals surface area (Å²) in [4.78, 5) is 28.9. The van der Waals surface area contributed by atoms with Gasteiger partial charge in [0.2, 0.25) is 0 Å². The Labute approximate surface area is 867 Å². The second-order valence-corrected chi connectivity index (χ2v) is 41.0. The van der Waals surface area contributed by atoms with E-state index in [0.29, 0.717) is 79.4 Å². The number of hydrogen-bond donors (Lipinski definition) is 6. The molecule has 0 spiro atoms. The lowest BCUT2D eigenvalue weighted by Crippen LogP contribution is -2.23. The number of rotatable bonds is 20. The number of ether oxygens (including phenoxy) is 1. The van der Waals surface area contributed by atoms with Gasteiger partial charge < -0.3 is 36.6 Å². The highest BCUT2D eigenvalue weighted by molar-refractivity contribution is 6.46. The Morgan fingerprint density at radius 1 is 0.306 bits per heavy atom. The molecule has 6 N–H and O–H groups in total. The van der Waals surface area contributed by atoms with Crippen LogP contribution in [0.1, 0.15) is 222 Å². The van der Waals surface area contributed by atoms with Crippen molar-refractivity contribution in [3.63, 3.8) is 0 Å². The van der Waals surface area contributed by atoms with Crippen molar-refractivity contribution in [2.75, 3.05) is 39.0 Å². The summed E-state index contributed by atoms with van der Waals surface area (Å²) in [6, 6.07) is 80.0. The van der Waals surface area contributed by atoms with Gasteiger partial charge in [0.25, 0.3) is 0 Å². The summed E-state index contributed by atoms with van der Waals surface area (Å²) in [7, 11) is 1.48. The van der Waals surface area contributed by atoms with Crippen LogP contribution in [0.5, 0.6) is 5.75 Å². The summed E-state index contributed by atoms with van der Waals surface area (Å²) >= 11 is 31.2. The summed E-state index contributed by atoms with van der Waals surface area (Å²) in [5.74, 6) is 5.76. The molecule has 744 valence electrons. The van der Waals surface area contributed by atoms with Crippen LogP contribution in [0.15, 0.2) is 268 Å². The normalized spacial score (nSPS) is 15.9. The Bertz CT molecular complexity index is 7360. The van der Waals surface area contributed by atoms with E-state index in [1.54, 1.807) is 48.5 Å². The van der Waals surface area contributed by atoms with Gasteiger partial charge in [-0.1, -0.05) is 289 Å². The first-order chi connectivity index (χ1) is 70.5. The number of hydrogen-bond acceptors (Lipinski definition) is 13. The average molecular weight is 2030 g/mol. The molecule has 0 aliphatic heterocycles. The molecular weight excluding hydrogens is 1900 g/mol. The molecule has 26 heteroatoms. The van der Waals surface area contributed by atoms with Gasteiger partial charge in [-0.15, -0.1) is 0 Å². The maximum absolute atomic E-state index is 14.8. The molecule has 6 aliphatic carbocycles. The molecule has 0 amide bonds. The fourth-order valence-corrected chi connectivity index (χ4v) is 22.4. The molecule has 6 aromatic carbocycles. The van der Waals surface area contributed by atoms with Crippen LogP contribution < -0.4 is 36.6 Å². The monoisotopic (exact) mass is 2020 g/mol. The number of benzene rings is 6. The Kier molecular flexibility index (Phi) is 33.0. The first kappa shape index (κ1) is 100. The number of fused-ring (bicyclic) bond motifs is 6. The summed E-state index contributed by atoms with van der Waals surface area (Å²) in [6.45, 7) is 6.57. The molecule has 18 aromatic rings. The van der Waals surface area contributed by atoms with Crippen molar-refractivity contribution in [2.24, 2.45) is 0 Å². The molecule has 6 fully saturated rings. The first-order valence-corrected chi connectivity index (χ1v) is 53.6. The molecule has 144 heavy (non-hydrogen) atoms. The van der Waals surface area contributed by atoms with E-state index >= 15 is 0 Å². The number of aromatic nitrogens is 12. The number of aryl methyl sites for hydroxylation is 2. The van der Waals surface area contributed by atoms with Crippen LogP contribution in [0.3, 0.4) is 0 Å². The number of anilines is 6. The lowest BCUT2D eigenvalue weighted by atomic mass is 9.95. The van der Waals surface area contributed by atoms with Crippen molar-refractivity contribution in [1.29, 1.82) is 0 Å². The zero-order valence-electron chi connectivity index (χ0n) is 82.4. The highest BCUT2D eigenvalue weighted by Gasteiger charge is 2.31. The topological polar surface area (TPSA) is 185 Å². The van der Waals surface area contributed by atoms with Crippen LogP contribution in [-0.2, 0) is 0 Å². The van der Waals surface area contributed by atoms with Crippen molar-refractivity contribution in [1.82, 2.24) is 56.3 Å². The van der Waals surface area contributed by atoms with Crippen LogP contribution in [0.2, 0.25) is 25.1 Å². The molecule has 0 bridgehead atoms. The molecule has 24 rings (SSSR count). The highest BCUT2D eigenvalue weighted by atomic mass is 35.5. The van der Waals surface area contributed by atoms with E-state index in [1.807, 2.05) is 131 Å². The Morgan fingerprint density at radius 3 is 1.08 bits per heavy atom. The van der Waals surface area contributed by atoms with E-state index in [-0.39, 0.29) is 22.5 Å². The third-order valence-electron chi connectivity index (χ3n) is 29.1. The number of pyridine rings is 6. The predicted octanol–water partition coefficient (Wildman–Crippen LogP) is 32.7. The SMILES string of the molecule is COc1cccc(-c2nc3ccccn3c2NC2CCCCC2)c1F.Cc1cccc2nc(C(C)c3ccccc3)c(NC3CCCC3)n12.Cc1ccccc1-c1nc2ccccn2c1NC1CCCCC1.Clc1ccc(-c2nc3ccccn3c2NC2CCCCC2)cc1.Clc1ccc(Cl)c(-c2nc3ccccn3c2NC2CCCCC2)c1Cl.Fc1c(Cl)cccc1-c1nc2ccccn2c1NC1CCCCC1. The van der Waals surface area contributed by atoms with E-state index < -0.39 is 5.82 Å².